The zero-order chi connectivity index (χ0) is 19.0. The van der Waals surface area contributed by atoms with Crippen LogP contribution in [0.25, 0.3) is 0 Å². The average Bonchev–Trinajstić information content (AvgIpc) is 2.19. The first-order chi connectivity index (χ1) is 10.5. The molecule has 10 heteroatoms. The first kappa shape index (κ1) is 22.3. The normalized spacial score (nSPS) is 28.5. The van der Waals surface area contributed by atoms with Gasteiger partial charge < -0.3 is 24.5 Å². The summed E-state index contributed by atoms with van der Waals surface area (Å²) in [5, 5.41) is 0. The van der Waals surface area contributed by atoms with Crippen LogP contribution in [-0.2, 0) is 9.13 Å². The second kappa shape index (κ2) is 7.45. The highest BCUT2D eigenvalue weighted by Gasteiger charge is 2.43. The lowest BCUT2D eigenvalue weighted by Crippen LogP contribution is -2.49. The molecule has 1 aliphatic rings. The van der Waals surface area contributed by atoms with E-state index in [0.717, 1.165) is 19.3 Å². The maximum absolute atomic E-state index is 11.4. The van der Waals surface area contributed by atoms with E-state index in [4.69, 9.17) is 0 Å². The van der Waals surface area contributed by atoms with Crippen molar-refractivity contribution < 1.29 is 28.7 Å². The third-order valence-electron chi connectivity index (χ3n) is 4.53. The van der Waals surface area contributed by atoms with Crippen molar-refractivity contribution in [2.75, 3.05) is 33.2 Å². The molecule has 0 saturated heterocycles. The molecule has 1 saturated carbocycles. The Labute approximate surface area is 144 Å². The van der Waals surface area contributed by atoms with Gasteiger partial charge in [0.05, 0.1) is 0 Å². The summed E-state index contributed by atoms with van der Waals surface area (Å²) >= 11 is 0. The summed E-state index contributed by atoms with van der Waals surface area (Å²) in [5.74, 6) is 0. The van der Waals surface area contributed by atoms with Crippen LogP contribution in [0.15, 0.2) is 0 Å². The Hall–Kier alpha value is 0.220. The van der Waals surface area contributed by atoms with Crippen LogP contribution in [0.4, 0.5) is 0 Å². The zero-order valence-electron chi connectivity index (χ0n) is 15.2. The molecule has 0 amide bonds. The Morgan fingerprint density at radius 1 is 0.958 bits per heavy atom. The van der Waals surface area contributed by atoms with Gasteiger partial charge >= 0.3 is 15.2 Å². The Morgan fingerprint density at radius 3 is 1.79 bits per heavy atom. The molecule has 1 fully saturated rings. The van der Waals surface area contributed by atoms with Gasteiger partial charge in [-0.05, 0) is 44.2 Å². The smallest absolute Gasteiger partial charge is 0.324 e. The second-order valence-corrected chi connectivity index (χ2v) is 11.8. The Kier molecular flexibility index (Phi) is 6.91. The molecule has 0 aromatic carbocycles. The highest BCUT2D eigenvalue weighted by Crippen LogP contribution is 2.49. The molecule has 0 bridgehead atoms. The molecule has 1 rings (SSSR count). The topological polar surface area (TPSA) is 122 Å². The Balaban J connectivity index is 3.00. The van der Waals surface area contributed by atoms with Gasteiger partial charge in [0.15, 0.2) is 0 Å². The molecule has 4 N–H and O–H groups in total. The number of rotatable bonds is 7. The molecular formula is C14H32N2O6P2. The maximum atomic E-state index is 11.4. The standard InChI is InChI=1S/C14H32N2O6P2/c1-13(2)6-12(15(4)5)7-14(3,8-13)9-16(10-23(17,18)19)11-24(20,21)22/h12H,6-11H2,1-5H3,(H2,17,18,19)(H2,20,21,22)/t12-,14+/m1/s1. The lowest BCUT2D eigenvalue weighted by Gasteiger charge is -2.50. The van der Waals surface area contributed by atoms with Gasteiger partial charge in [-0.25, -0.2) is 0 Å². The Morgan fingerprint density at radius 2 is 1.42 bits per heavy atom. The number of nitrogens with zero attached hydrogens (tertiary/aromatic N) is 2. The van der Waals surface area contributed by atoms with E-state index in [2.05, 4.69) is 18.7 Å². The second-order valence-electron chi connectivity index (χ2n) is 8.62. The molecule has 144 valence electrons. The van der Waals surface area contributed by atoms with E-state index in [-0.39, 0.29) is 17.4 Å². The molecule has 0 unspecified atom stereocenters. The summed E-state index contributed by atoms with van der Waals surface area (Å²) in [6, 6.07) is 0.325. The highest BCUT2D eigenvalue weighted by molar-refractivity contribution is 7.52. The molecule has 0 radical (unpaired) electrons. The predicted molar refractivity (Wildman–Crippen MR) is 93.7 cm³/mol. The fourth-order valence-corrected chi connectivity index (χ4v) is 5.87. The first-order valence-corrected chi connectivity index (χ1v) is 11.6. The van der Waals surface area contributed by atoms with E-state index in [1.807, 2.05) is 21.0 Å². The van der Waals surface area contributed by atoms with Gasteiger partial charge in [-0.1, -0.05) is 20.8 Å². The third kappa shape index (κ3) is 8.07. The quantitative estimate of drug-likeness (QED) is 0.488. The molecule has 0 heterocycles. The maximum Gasteiger partial charge on any atom is 0.339 e. The van der Waals surface area contributed by atoms with E-state index in [9.17, 15) is 28.7 Å². The van der Waals surface area contributed by atoms with Crippen LogP contribution in [0.5, 0.6) is 0 Å². The lowest BCUT2D eigenvalue weighted by molar-refractivity contribution is 0.0148. The van der Waals surface area contributed by atoms with Gasteiger partial charge in [-0.2, -0.15) is 0 Å². The van der Waals surface area contributed by atoms with Crippen LogP contribution in [0.3, 0.4) is 0 Å². The summed E-state index contributed by atoms with van der Waals surface area (Å²) in [6.45, 7) is 6.61. The summed E-state index contributed by atoms with van der Waals surface area (Å²) in [4.78, 5) is 40.4. The number of hydrogen-bond donors (Lipinski definition) is 4. The van der Waals surface area contributed by atoms with Crippen LogP contribution in [0, 0.1) is 10.8 Å². The fourth-order valence-electron chi connectivity index (χ4n) is 4.27. The molecule has 0 aromatic heterocycles. The van der Waals surface area contributed by atoms with Crippen molar-refractivity contribution in [2.24, 2.45) is 10.8 Å². The SMILES string of the molecule is CN(C)[C@@H]1CC(C)(C)C[C@@](C)(CN(CP(=O)(O)O)CP(=O)(O)O)C1. The van der Waals surface area contributed by atoms with Crippen LogP contribution >= 0.6 is 15.2 Å². The van der Waals surface area contributed by atoms with E-state index < -0.39 is 27.8 Å². The summed E-state index contributed by atoms with van der Waals surface area (Å²) in [7, 11) is -4.78. The van der Waals surface area contributed by atoms with Crippen molar-refractivity contribution in [3.63, 3.8) is 0 Å². The van der Waals surface area contributed by atoms with Crippen molar-refractivity contribution in [3.05, 3.63) is 0 Å². The van der Waals surface area contributed by atoms with Gasteiger partial charge in [0.25, 0.3) is 0 Å². The molecule has 2 atom stereocenters. The lowest BCUT2D eigenvalue weighted by atomic mass is 9.62. The minimum atomic E-state index is -4.40. The molecule has 0 aromatic rings. The van der Waals surface area contributed by atoms with Gasteiger partial charge in [0.2, 0.25) is 0 Å². The van der Waals surface area contributed by atoms with E-state index in [0.29, 0.717) is 6.04 Å². The van der Waals surface area contributed by atoms with Crippen LogP contribution in [0.2, 0.25) is 0 Å². The molecular weight excluding hydrogens is 354 g/mol. The van der Waals surface area contributed by atoms with E-state index in [1.165, 1.54) is 4.90 Å². The van der Waals surface area contributed by atoms with Crippen molar-refractivity contribution in [1.29, 1.82) is 0 Å². The molecule has 0 spiro atoms. The molecule has 8 nitrogen and oxygen atoms in total. The first-order valence-electron chi connectivity index (χ1n) is 7.98. The van der Waals surface area contributed by atoms with Crippen molar-refractivity contribution in [1.82, 2.24) is 9.80 Å². The minimum Gasteiger partial charge on any atom is -0.324 e. The molecule has 24 heavy (non-hydrogen) atoms. The predicted octanol–water partition coefficient (Wildman–Crippen LogP) is 1.71. The van der Waals surface area contributed by atoms with Gasteiger partial charge in [-0.15, -0.1) is 0 Å². The highest BCUT2D eigenvalue weighted by atomic mass is 31.2. The monoisotopic (exact) mass is 386 g/mol. The van der Waals surface area contributed by atoms with Crippen LogP contribution < -0.4 is 0 Å². The van der Waals surface area contributed by atoms with Gasteiger partial charge in [0, 0.05) is 12.6 Å². The zero-order valence-corrected chi connectivity index (χ0v) is 17.0. The summed E-state index contributed by atoms with van der Waals surface area (Å²) in [5.41, 5.74) is -0.223. The van der Waals surface area contributed by atoms with Gasteiger partial charge in [0.1, 0.15) is 12.6 Å². The van der Waals surface area contributed by atoms with Crippen molar-refractivity contribution in [2.45, 2.75) is 46.1 Å². The van der Waals surface area contributed by atoms with E-state index >= 15 is 0 Å². The summed E-state index contributed by atoms with van der Waals surface area (Å²) in [6.07, 6.45) is 1.40. The van der Waals surface area contributed by atoms with Gasteiger partial charge in [-0.3, -0.25) is 14.0 Å². The largest absolute Gasteiger partial charge is 0.339 e. The van der Waals surface area contributed by atoms with Crippen LogP contribution in [-0.4, -0.2) is 68.6 Å². The number of hydrogen-bond acceptors (Lipinski definition) is 4. The van der Waals surface area contributed by atoms with Crippen LogP contribution in [0.1, 0.15) is 40.0 Å². The summed E-state index contributed by atoms with van der Waals surface area (Å²) < 4.78 is 22.7. The Bertz CT molecular complexity index is 505. The average molecular weight is 386 g/mol. The third-order valence-corrected chi connectivity index (χ3v) is 6.06. The van der Waals surface area contributed by atoms with E-state index in [1.54, 1.807) is 0 Å². The molecule has 1 aliphatic carbocycles. The fraction of sp³-hybridized carbons (Fsp3) is 1.00. The minimum absolute atomic E-state index is 0.0534. The molecule has 0 aliphatic heterocycles. The van der Waals surface area contributed by atoms with Crippen molar-refractivity contribution >= 4 is 15.2 Å². The van der Waals surface area contributed by atoms with Crippen molar-refractivity contribution in [3.8, 4) is 0 Å².